The topological polar surface area (TPSA) is 63.5 Å². The molecule has 0 saturated heterocycles. The first kappa shape index (κ1) is 8.52. The molecule has 5 heteroatoms. The molecule has 0 atom stereocenters. The highest BCUT2D eigenvalue weighted by Gasteiger charge is 2.09. The Morgan fingerprint density at radius 1 is 1.54 bits per heavy atom. The van der Waals surface area contributed by atoms with E-state index in [1.807, 2.05) is 6.07 Å². The SMILES string of the molecule is NCc1nc(Br)c2cccc(O)n12. The number of nitrogens with zero attached hydrogens (tertiary/aromatic N) is 2. The predicted octanol–water partition coefficient (Wildman–Crippen LogP) is 1.26. The first-order chi connectivity index (χ1) is 6.24. The Balaban J connectivity index is 2.89. The Morgan fingerprint density at radius 3 is 3.00 bits per heavy atom. The molecule has 2 aromatic heterocycles. The summed E-state index contributed by atoms with van der Waals surface area (Å²) in [6.45, 7) is 0.296. The maximum atomic E-state index is 9.54. The van der Waals surface area contributed by atoms with Gasteiger partial charge in [0.25, 0.3) is 0 Å². The number of hydrogen-bond acceptors (Lipinski definition) is 3. The molecule has 0 aromatic carbocycles. The van der Waals surface area contributed by atoms with Gasteiger partial charge in [-0.3, -0.25) is 4.40 Å². The van der Waals surface area contributed by atoms with Crippen LogP contribution < -0.4 is 5.73 Å². The van der Waals surface area contributed by atoms with E-state index in [4.69, 9.17) is 5.73 Å². The van der Waals surface area contributed by atoms with Gasteiger partial charge < -0.3 is 10.8 Å². The summed E-state index contributed by atoms with van der Waals surface area (Å²) in [4.78, 5) is 4.16. The average Bonchev–Trinajstić information content (AvgIpc) is 2.45. The van der Waals surface area contributed by atoms with Crippen LogP contribution in [0, 0.1) is 0 Å². The smallest absolute Gasteiger partial charge is 0.197 e. The fourth-order valence-corrected chi connectivity index (χ4v) is 1.80. The van der Waals surface area contributed by atoms with Crippen LogP contribution in [0.1, 0.15) is 5.82 Å². The third-order valence-electron chi connectivity index (χ3n) is 1.85. The zero-order valence-corrected chi connectivity index (χ0v) is 8.32. The molecule has 0 aliphatic carbocycles. The largest absolute Gasteiger partial charge is 0.494 e. The van der Waals surface area contributed by atoms with Crippen LogP contribution in [0.4, 0.5) is 0 Å². The van der Waals surface area contributed by atoms with Crippen LogP contribution in [0.3, 0.4) is 0 Å². The lowest BCUT2D eigenvalue weighted by molar-refractivity contribution is 0.443. The van der Waals surface area contributed by atoms with E-state index in [-0.39, 0.29) is 5.88 Å². The molecule has 0 aliphatic rings. The molecule has 68 valence electrons. The molecular weight excluding hydrogens is 234 g/mol. The Morgan fingerprint density at radius 2 is 2.31 bits per heavy atom. The van der Waals surface area contributed by atoms with Crippen molar-refractivity contribution >= 4 is 21.4 Å². The summed E-state index contributed by atoms with van der Waals surface area (Å²) < 4.78 is 2.31. The van der Waals surface area contributed by atoms with E-state index in [2.05, 4.69) is 20.9 Å². The van der Waals surface area contributed by atoms with E-state index in [9.17, 15) is 5.11 Å². The molecule has 0 spiro atoms. The van der Waals surface area contributed by atoms with E-state index in [1.165, 1.54) is 0 Å². The highest BCUT2D eigenvalue weighted by atomic mass is 79.9. The second-order valence-corrected chi connectivity index (χ2v) is 3.38. The van der Waals surface area contributed by atoms with Gasteiger partial charge in [0.2, 0.25) is 0 Å². The lowest BCUT2D eigenvalue weighted by Gasteiger charge is -2.00. The van der Waals surface area contributed by atoms with Crippen molar-refractivity contribution in [2.45, 2.75) is 6.54 Å². The molecule has 0 aliphatic heterocycles. The van der Waals surface area contributed by atoms with Gasteiger partial charge in [-0.05, 0) is 28.1 Å². The van der Waals surface area contributed by atoms with Crippen LogP contribution in [0.5, 0.6) is 5.88 Å². The summed E-state index contributed by atoms with van der Waals surface area (Å²) in [7, 11) is 0. The number of pyridine rings is 1. The zero-order valence-electron chi connectivity index (χ0n) is 6.74. The third kappa shape index (κ3) is 1.20. The van der Waals surface area contributed by atoms with Gasteiger partial charge in [-0.1, -0.05) is 6.07 Å². The number of aromatic hydroxyl groups is 1. The number of rotatable bonds is 1. The summed E-state index contributed by atoms with van der Waals surface area (Å²) in [5.41, 5.74) is 6.30. The highest BCUT2D eigenvalue weighted by Crippen LogP contribution is 2.23. The molecule has 0 saturated carbocycles. The Bertz CT molecular complexity index is 452. The van der Waals surface area contributed by atoms with Crippen LogP contribution in [0.15, 0.2) is 22.8 Å². The molecule has 0 amide bonds. The van der Waals surface area contributed by atoms with Gasteiger partial charge in [0, 0.05) is 0 Å². The fourth-order valence-electron chi connectivity index (χ4n) is 1.29. The molecule has 3 N–H and O–H groups in total. The first-order valence-corrected chi connectivity index (χ1v) is 4.58. The zero-order chi connectivity index (χ0) is 9.42. The number of hydrogen-bond donors (Lipinski definition) is 2. The summed E-state index contributed by atoms with van der Waals surface area (Å²) in [5.74, 6) is 0.788. The van der Waals surface area contributed by atoms with E-state index in [0.717, 1.165) is 5.52 Å². The van der Waals surface area contributed by atoms with Crippen molar-refractivity contribution in [2.24, 2.45) is 5.73 Å². The normalized spacial score (nSPS) is 10.9. The molecular formula is C8H8BrN3O. The number of nitrogens with two attached hydrogens (primary N) is 1. The Hall–Kier alpha value is -1.07. The Labute approximate surface area is 83.1 Å². The van der Waals surface area contributed by atoms with E-state index < -0.39 is 0 Å². The fraction of sp³-hybridized carbons (Fsp3) is 0.125. The van der Waals surface area contributed by atoms with E-state index in [0.29, 0.717) is 17.0 Å². The van der Waals surface area contributed by atoms with Gasteiger partial charge in [0.15, 0.2) is 5.88 Å². The molecule has 2 heterocycles. The molecule has 2 rings (SSSR count). The molecule has 13 heavy (non-hydrogen) atoms. The monoisotopic (exact) mass is 241 g/mol. The minimum atomic E-state index is 0.149. The second-order valence-electron chi connectivity index (χ2n) is 2.63. The van der Waals surface area contributed by atoms with Gasteiger partial charge >= 0.3 is 0 Å². The Kier molecular flexibility index (Phi) is 1.97. The third-order valence-corrected chi connectivity index (χ3v) is 2.43. The van der Waals surface area contributed by atoms with Crippen LogP contribution in [-0.2, 0) is 6.54 Å². The standard InChI is InChI=1S/C8H8BrN3O/c9-8-5-2-1-3-7(13)12(5)6(4-10)11-8/h1-3,13H,4,10H2. The lowest BCUT2D eigenvalue weighted by Crippen LogP contribution is -2.02. The second kappa shape index (κ2) is 3.01. The highest BCUT2D eigenvalue weighted by molar-refractivity contribution is 9.10. The van der Waals surface area contributed by atoms with Crippen LogP contribution in [0.2, 0.25) is 0 Å². The van der Waals surface area contributed by atoms with Crippen molar-refractivity contribution < 1.29 is 5.11 Å². The number of halogens is 1. The van der Waals surface area contributed by atoms with Gasteiger partial charge in [-0.25, -0.2) is 4.98 Å². The minimum Gasteiger partial charge on any atom is -0.494 e. The van der Waals surface area contributed by atoms with Crippen molar-refractivity contribution in [1.82, 2.24) is 9.38 Å². The molecule has 4 nitrogen and oxygen atoms in total. The summed E-state index contributed by atoms with van der Waals surface area (Å²) in [5, 5.41) is 9.54. The van der Waals surface area contributed by atoms with Crippen molar-refractivity contribution in [3.8, 4) is 5.88 Å². The minimum absolute atomic E-state index is 0.149. The van der Waals surface area contributed by atoms with E-state index >= 15 is 0 Å². The van der Waals surface area contributed by atoms with Crippen molar-refractivity contribution in [3.63, 3.8) is 0 Å². The van der Waals surface area contributed by atoms with Crippen LogP contribution in [0.25, 0.3) is 5.52 Å². The molecule has 2 aromatic rings. The van der Waals surface area contributed by atoms with Crippen LogP contribution in [-0.4, -0.2) is 14.5 Å². The van der Waals surface area contributed by atoms with Gasteiger partial charge in [-0.2, -0.15) is 0 Å². The van der Waals surface area contributed by atoms with Gasteiger partial charge in [-0.15, -0.1) is 0 Å². The lowest BCUT2D eigenvalue weighted by atomic mass is 10.4. The van der Waals surface area contributed by atoms with Gasteiger partial charge in [0.05, 0.1) is 12.1 Å². The first-order valence-electron chi connectivity index (χ1n) is 3.79. The number of fused-ring (bicyclic) bond motifs is 1. The average molecular weight is 242 g/mol. The van der Waals surface area contributed by atoms with Crippen LogP contribution >= 0.6 is 15.9 Å². The molecule has 0 fully saturated rings. The van der Waals surface area contributed by atoms with Crippen molar-refractivity contribution in [2.75, 3.05) is 0 Å². The molecule has 0 radical (unpaired) electrons. The summed E-state index contributed by atoms with van der Waals surface area (Å²) in [6.07, 6.45) is 0. The number of aromatic nitrogens is 2. The quantitative estimate of drug-likeness (QED) is 0.791. The van der Waals surface area contributed by atoms with Crippen molar-refractivity contribution in [3.05, 3.63) is 28.6 Å². The van der Waals surface area contributed by atoms with Gasteiger partial charge in [0.1, 0.15) is 10.4 Å². The maximum Gasteiger partial charge on any atom is 0.197 e. The summed E-state index contributed by atoms with van der Waals surface area (Å²) in [6, 6.07) is 5.22. The molecule has 0 bridgehead atoms. The van der Waals surface area contributed by atoms with Crippen molar-refractivity contribution in [1.29, 1.82) is 0 Å². The summed E-state index contributed by atoms with van der Waals surface area (Å²) >= 11 is 3.29. The predicted molar refractivity (Wildman–Crippen MR) is 52.4 cm³/mol. The number of imidazole rings is 1. The maximum absolute atomic E-state index is 9.54. The molecule has 0 unspecified atom stereocenters. The van der Waals surface area contributed by atoms with E-state index in [1.54, 1.807) is 16.5 Å².